The summed E-state index contributed by atoms with van der Waals surface area (Å²) in [5.41, 5.74) is 2.21. The molecule has 1 heterocycles. The van der Waals surface area contributed by atoms with Gasteiger partial charge in [0.1, 0.15) is 0 Å². The van der Waals surface area contributed by atoms with Gasteiger partial charge in [-0.1, -0.05) is 0 Å². The number of fused-ring (bicyclic) bond motifs is 1. The molecule has 3 aromatic rings. The van der Waals surface area contributed by atoms with Crippen molar-refractivity contribution in [1.82, 2.24) is 9.97 Å². The summed E-state index contributed by atoms with van der Waals surface area (Å²) in [6.07, 6.45) is 1.54. The van der Waals surface area contributed by atoms with Gasteiger partial charge in [0.15, 0.2) is 11.6 Å². The van der Waals surface area contributed by atoms with E-state index in [0.717, 1.165) is 17.1 Å². The van der Waals surface area contributed by atoms with Crippen LogP contribution in [0.5, 0.6) is 5.75 Å². The van der Waals surface area contributed by atoms with Crippen LogP contribution in [0, 0.1) is 5.82 Å². The fraction of sp³-hybridized carbons (Fsp3) is 0. The molecule has 0 aliphatic heterocycles. The zero-order valence-electron chi connectivity index (χ0n) is 10.2. The molecule has 0 saturated heterocycles. The summed E-state index contributed by atoms with van der Waals surface area (Å²) in [6.45, 7) is 0. The third kappa shape index (κ3) is 2.18. The molecule has 0 atom stereocenters. The van der Waals surface area contributed by atoms with Crippen molar-refractivity contribution in [3.05, 3.63) is 54.1 Å². The lowest BCUT2D eigenvalue weighted by Gasteiger charge is -2.06. The first-order valence-electron chi connectivity index (χ1n) is 5.86. The Morgan fingerprint density at radius 1 is 1.25 bits per heavy atom. The minimum absolute atomic E-state index is 0.273. The van der Waals surface area contributed by atoms with E-state index in [1.165, 1.54) is 12.1 Å². The number of phenolic OH excluding ortho intramolecular Hbond substituents is 1. The number of benzene rings is 2. The standard InChI is InChI=1S/C14H10FN3O2/c15-10-6-9(2-4-13(10)19)18-14(20)8-1-3-11-12(5-8)17-7-16-11/h1-7,19H,(H,16,17)(H,18,20). The topological polar surface area (TPSA) is 78.0 Å². The second kappa shape index (κ2) is 4.65. The molecule has 100 valence electrons. The Morgan fingerprint density at radius 3 is 2.90 bits per heavy atom. The van der Waals surface area contributed by atoms with Gasteiger partial charge in [-0.3, -0.25) is 4.79 Å². The molecule has 3 rings (SSSR count). The number of nitrogens with one attached hydrogen (secondary N) is 2. The molecule has 0 aliphatic rings. The molecule has 0 unspecified atom stereocenters. The molecule has 6 heteroatoms. The van der Waals surface area contributed by atoms with E-state index in [1.807, 2.05) is 0 Å². The number of aromatic nitrogens is 2. The molecule has 20 heavy (non-hydrogen) atoms. The van der Waals surface area contributed by atoms with Crippen molar-refractivity contribution >= 4 is 22.6 Å². The van der Waals surface area contributed by atoms with Crippen LogP contribution in [-0.4, -0.2) is 21.0 Å². The third-order valence-corrected chi connectivity index (χ3v) is 2.89. The lowest BCUT2D eigenvalue weighted by molar-refractivity contribution is 0.102. The van der Waals surface area contributed by atoms with Crippen molar-refractivity contribution in [3.8, 4) is 5.75 Å². The van der Waals surface area contributed by atoms with Crippen LogP contribution in [0.3, 0.4) is 0 Å². The number of aromatic amines is 1. The number of hydrogen-bond donors (Lipinski definition) is 3. The number of H-pyrrole nitrogens is 1. The molecular formula is C14H10FN3O2. The summed E-state index contributed by atoms with van der Waals surface area (Å²) in [6, 6.07) is 8.68. The Balaban J connectivity index is 1.86. The van der Waals surface area contributed by atoms with Gasteiger partial charge < -0.3 is 15.4 Å². The first-order valence-corrected chi connectivity index (χ1v) is 5.86. The number of rotatable bonds is 2. The molecule has 1 aromatic heterocycles. The highest BCUT2D eigenvalue weighted by Crippen LogP contribution is 2.20. The molecule has 5 nitrogen and oxygen atoms in total. The van der Waals surface area contributed by atoms with E-state index in [4.69, 9.17) is 5.11 Å². The van der Waals surface area contributed by atoms with Crippen molar-refractivity contribution in [2.24, 2.45) is 0 Å². The van der Waals surface area contributed by atoms with Crippen LogP contribution in [-0.2, 0) is 0 Å². The van der Waals surface area contributed by atoms with E-state index in [0.29, 0.717) is 5.56 Å². The number of imidazole rings is 1. The summed E-state index contributed by atoms with van der Waals surface area (Å²) in [5, 5.41) is 11.6. The molecule has 0 fully saturated rings. The van der Waals surface area contributed by atoms with Gasteiger partial charge in [-0.15, -0.1) is 0 Å². The average molecular weight is 271 g/mol. The largest absolute Gasteiger partial charge is 0.505 e. The van der Waals surface area contributed by atoms with Crippen LogP contribution >= 0.6 is 0 Å². The van der Waals surface area contributed by atoms with Crippen molar-refractivity contribution in [1.29, 1.82) is 0 Å². The highest BCUT2D eigenvalue weighted by atomic mass is 19.1. The SMILES string of the molecule is O=C(Nc1ccc(O)c(F)c1)c1ccc2nc[nH]c2c1. The van der Waals surface area contributed by atoms with Gasteiger partial charge in [0, 0.05) is 17.3 Å². The van der Waals surface area contributed by atoms with Gasteiger partial charge >= 0.3 is 0 Å². The number of halogens is 1. The highest BCUT2D eigenvalue weighted by Gasteiger charge is 2.09. The number of aromatic hydroxyl groups is 1. The number of carbonyl (C=O) groups excluding carboxylic acids is 1. The van der Waals surface area contributed by atoms with Crippen LogP contribution in [0.2, 0.25) is 0 Å². The maximum absolute atomic E-state index is 13.2. The number of hydrogen-bond acceptors (Lipinski definition) is 3. The number of phenols is 1. The van der Waals surface area contributed by atoms with Crippen LogP contribution in [0.4, 0.5) is 10.1 Å². The van der Waals surface area contributed by atoms with Gasteiger partial charge in [-0.2, -0.15) is 0 Å². The van der Waals surface area contributed by atoms with E-state index < -0.39 is 11.6 Å². The fourth-order valence-corrected chi connectivity index (χ4v) is 1.86. The zero-order chi connectivity index (χ0) is 14.1. The van der Waals surface area contributed by atoms with E-state index in [9.17, 15) is 9.18 Å². The van der Waals surface area contributed by atoms with E-state index >= 15 is 0 Å². The second-order valence-corrected chi connectivity index (χ2v) is 4.25. The summed E-state index contributed by atoms with van der Waals surface area (Å²) in [7, 11) is 0. The summed E-state index contributed by atoms with van der Waals surface area (Å²) in [4.78, 5) is 19.0. The fourth-order valence-electron chi connectivity index (χ4n) is 1.86. The van der Waals surface area contributed by atoms with Crippen LogP contribution < -0.4 is 5.32 Å². The predicted molar refractivity (Wildman–Crippen MR) is 72.1 cm³/mol. The predicted octanol–water partition coefficient (Wildman–Crippen LogP) is 2.66. The number of nitrogens with zero attached hydrogens (tertiary/aromatic N) is 1. The van der Waals surface area contributed by atoms with Gasteiger partial charge in [0.05, 0.1) is 17.4 Å². The Morgan fingerprint density at radius 2 is 2.10 bits per heavy atom. The summed E-state index contributed by atoms with van der Waals surface area (Å²) in [5.74, 6) is -1.61. The molecule has 0 radical (unpaired) electrons. The Hall–Kier alpha value is -2.89. The molecule has 3 N–H and O–H groups in total. The zero-order valence-corrected chi connectivity index (χ0v) is 10.2. The van der Waals surface area contributed by atoms with Crippen molar-refractivity contribution in [2.75, 3.05) is 5.32 Å². The smallest absolute Gasteiger partial charge is 0.255 e. The molecular weight excluding hydrogens is 261 g/mol. The normalized spacial score (nSPS) is 10.7. The Bertz CT molecular complexity index is 798. The molecule has 0 spiro atoms. The summed E-state index contributed by atoms with van der Waals surface area (Å²) >= 11 is 0. The van der Waals surface area contributed by atoms with Gasteiger partial charge in [0.25, 0.3) is 5.91 Å². The molecule has 0 saturated carbocycles. The van der Waals surface area contributed by atoms with E-state index in [2.05, 4.69) is 15.3 Å². The third-order valence-electron chi connectivity index (χ3n) is 2.89. The van der Waals surface area contributed by atoms with Gasteiger partial charge in [-0.25, -0.2) is 9.37 Å². The maximum Gasteiger partial charge on any atom is 0.255 e. The number of amides is 1. The minimum atomic E-state index is -0.785. The van der Waals surface area contributed by atoms with Crippen LogP contribution in [0.1, 0.15) is 10.4 Å². The number of carbonyl (C=O) groups is 1. The van der Waals surface area contributed by atoms with Crippen molar-refractivity contribution in [2.45, 2.75) is 0 Å². The monoisotopic (exact) mass is 271 g/mol. The lowest BCUT2D eigenvalue weighted by Crippen LogP contribution is -2.11. The molecule has 1 amide bonds. The maximum atomic E-state index is 13.2. The Kier molecular flexibility index (Phi) is 2.83. The number of anilines is 1. The molecule has 0 bridgehead atoms. The van der Waals surface area contributed by atoms with E-state index in [1.54, 1.807) is 24.5 Å². The van der Waals surface area contributed by atoms with Crippen molar-refractivity contribution in [3.63, 3.8) is 0 Å². The highest BCUT2D eigenvalue weighted by molar-refractivity contribution is 6.05. The first kappa shape index (κ1) is 12.2. The lowest BCUT2D eigenvalue weighted by atomic mass is 10.2. The van der Waals surface area contributed by atoms with Gasteiger partial charge in [0.2, 0.25) is 0 Å². The minimum Gasteiger partial charge on any atom is -0.505 e. The second-order valence-electron chi connectivity index (χ2n) is 4.25. The van der Waals surface area contributed by atoms with Crippen molar-refractivity contribution < 1.29 is 14.3 Å². The quantitative estimate of drug-likeness (QED) is 0.627. The molecule has 0 aliphatic carbocycles. The van der Waals surface area contributed by atoms with Crippen LogP contribution in [0.15, 0.2) is 42.7 Å². The Labute approximate surface area is 113 Å². The van der Waals surface area contributed by atoms with E-state index in [-0.39, 0.29) is 11.6 Å². The first-order chi connectivity index (χ1) is 9.63. The van der Waals surface area contributed by atoms with Crippen LogP contribution in [0.25, 0.3) is 11.0 Å². The molecule has 2 aromatic carbocycles. The summed E-state index contributed by atoms with van der Waals surface area (Å²) < 4.78 is 13.2. The van der Waals surface area contributed by atoms with Gasteiger partial charge in [-0.05, 0) is 30.3 Å². The average Bonchev–Trinajstić information content (AvgIpc) is 2.90.